The molecule has 6 nitrogen and oxygen atoms in total. The summed E-state index contributed by atoms with van der Waals surface area (Å²) in [6.45, 7) is 2.98. The lowest BCUT2D eigenvalue weighted by Crippen LogP contribution is -2.45. The molecule has 1 N–H and O–H groups in total. The Morgan fingerprint density at radius 2 is 1.82 bits per heavy atom. The van der Waals surface area contributed by atoms with Gasteiger partial charge in [-0.1, -0.05) is 29.8 Å². The minimum Gasteiger partial charge on any atom is -0.497 e. The first-order chi connectivity index (χ1) is 13.4. The highest BCUT2D eigenvalue weighted by Crippen LogP contribution is 2.24. The third-order valence-corrected chi connectivity index (χ3v) is 6.92. The molecule has 0 aromatic heterocycles. The fourth-order valence-electron chi connectivity index (χ4n) is 3.31. The molecule has 1 saturated heterocycles. The van der Waals surface area contributed by atoms with Crippen LogP contribution in [-0.4, -0.2) is 38.8 Å². The number of ether oxygens (including phenoxy) is 1. The summed E-state index contributed by atoms with van der Waals surface area (Å²) in [4.78, 5) is 12.9. The van der Waals surface area contributed by atoms with Crippen molar-refractivity contribution < 1.29 is 17.9 Å². The third kappa shape index (κ3) is 4.72. The number of hydrogen-bond donors (Lipinski definition) is 1. The van der Waals surface area contributed by atoms with E-state index in [1.165, 1.54) is 4.31 Å². The van der Waals surface area contributed by atoms with Crippen LogP contribution >= 0.6 is 0 Å². The summed E-state index contributed by atoms with van der Waals surface area (Å²) >= 11 is 0. The van der Waals surface area contributed by atoms with Gasteiger partial charge in [0.1, 0.15) is 5.75 Å². The zero-order valence-electron chi connectivity index (χ0n) is 16.2. The van der Waals surface area contributed by atoms with E-state index in [0.29, 0.717) is 25.9 Å². The van der Waals surface area contributed by atoms with Gasteiger partial charge >= 0.3 is 0 Å². The molecule has 0 bridgehead atoms. The number of sulfonamides is 1. The molecule has 0 radical (unpaired) electrons. The molecule has 1 aliphatic heterocycles. The molecule has 0 saturated carbocycles. The Morgan fingerprint density at radius 1 is 1.14 bits per heavy atom. The molecule has 1 amide bonds. The van der Waals surface area contributed by atoms with E-state index in [-0.39, 0.29) is 23.3 Å². The van der Waals surface area contributed by atoms with Crippen LogP contribution in [0.2, 0.25) is 0 Å². The van der Waals surface area contributed by atoms with Crippen LogP contribution in [0.3, 0.4) is 0 Å². The molecule has 28 heavy (non-hydrogen) atoms. The van der Waals surface area contributed by atoms with Crippen molar-refractivity contribution in [3.8, 4) is 5.75 Å². The Balaban J connectivity index is 1.61. The predicted molar refractivity (Wildman–Crippen MR) is 108 cm³/mol. The maximum atomic E-state index is 12.9. The van der Waals surface area contributed by atoms with Gasteiger partial charge in [0.15, 0.2) is 0 Å². The van der Waals surface area contributed by atoms with Crippen LogP contribution in [0.1, 0.15) is 24.0 Å². The average molecular weight is 403 g/mol. The quantitative estimate of drug-likeness (QED) is 0.806. The van der Waals surface area contributed by atoms with Gasteiger partial charge in [-0.3, -0.25) is 4.79 Å². The summed E-state index contributed by atoms with van der Waals surface area (Å²) in [5, 5.41) is 2.92. The smallest absolute Gasteiger partial charge is 0.243 e. The number of aryl methyl sites for hydroxylation is 1. The molecule has 1 fully saturated rings. The standard InChI is InChI=1S/C21H26N2O4S/c1-16-5-11-20(12-6-16)28(25,26)23-13-3-4-18(15-23)21(24)22-14-17-7-9-19(27-2)10-8-17/h5-12,18H,3-4,13-15H2,1-2H3,(H,22,24)/t18-/m1/s1. The molecule has 0 unspecified atom stereocenters. The van der Waals surface area contributed by atoms with E-state index < -0.39 is 10.0 Å². The van der Waals surface area contributed by atoms with Crippen molar-refractivity contribution >= 4 is 15.9 Å². The number of nitrogens with one attached hydrogen (secondary N) is 1. The third-order valence-electron chi connectivity index (χ3n) is 5.04. The lowest BCUT2D eigenvalue weighted by Gasteiger charge is -2.31. The van der Waals surface area contributed by atoms with E-state index >= 15 is 0 Å². The maximum absolute atomic E-state index is 12.9. The van der Waals surface area contributed by atoms with Crippen molar-refractivity contribution in [2.75, 3.05) is 20.2 Å². The van der Waals surface area contributed by atoms with Crippen LogP contribution in [-0.2, 0) is 21.4 Å². The van der Waals surface area contributed by atoms with Gasteiger partial charge in [0, 0.05) is 19.6 Å². The summed E-state index contributed by atoms with van der Waals surface area (Å²) in [7, 11) is -1.97. The van der Waals surface area contributed by atoms with Gasteiger partial charge in [0.05, 0.1) is 17.9 Å². The fraction of sp³-hybridized carbons (Fsp3) is 0.381. The van der Waals surface area contributed by atoms with Crippen molar-refractivity contribution in [2.24, 2.45) is 5.92 Å². The highest BCUT2D eigenvalue weighted by atomic mass is 32.2. The zero-order valence-corrected chi connectivity index (χ0v) is 17.0. The first-order valence-electron chi connectivity index (χ1n) is 9.37. The van der Waals surface area contributed by atoms with Gasteiger partial charge in [-0.2, -0.15) is 4.31 Å². The largest absolute Gasteiger partial charge is 0.497 e. The molecule has 7 heteroatoms. The van der Waals surface area contributed by atoms with Crippen LogP contribution in [0, 0.1) is 12.8 Å². The number of benzene rings is 2. The number of carbonyl (C=O) groups is 1. The molecule has 150 valence electrons. The molecular formula is C21H26N2O4S. The van der Waals surface area contributed by atoms with Crippen LogP contribution in [0.5, 0.6) is 5.75 Å². The molecule has 1 aliphatic rings. The molecule has 1 heterocycles. The van der Waals surface area contributed by atoms with Gasteiger partial charge in [-0.25, -0.2) is 8.42 Å². The molecular weight excluding hydrogens is 376 g/mol. The Labute approximate surface area is 166 Å². The highest BCUT2D eigenvalue weighted by molar-refractivity contribution is 7.89. The zero-order chi connectivity index (χ0) is 20.1. The maximum Gasteiger partial charge on any atom is 0.243 e. The van der Waals surface area contributed by atoms with Gasteiger partial charge in [0.2, 0.25) is 15.9 Å². The molecule has 2 aromatic rings. The summed E-state index contributed by atoms with van der Waals surface area (Å²) in [5.74, 6) is 0.311. The van der Waals surface area contributed by atoms with E-state index in [1.54, 1.807) is 31.4 Å². The van der Waals surface area contributed by atoms with Crippen LogP contribution in [0.15, 0.2) is 53.4 Å². The van der Waals surface area contributed by atoms with Crippen LogP contribution in [0.4, 0.5) is 0 Å². The van der Waals surface area contributed by atoms with Crippen molar-refractivity contribution in [3.63, 3.8) is 0 Å². The first kappa shape index (κ1) is 20.4. The number of nitrogens with zero attached hydrogens (tertiary/aromatic N) is 1. The van der Waals surface area contributed by atoms with E-state index in [0.717, 1.165) is 16.9 Å². The molecule has 3 rings (SSSR count). The van der Waals surface area contributed by atoms with Crippen molar-refractivity contribution in [1.29, 1.82) is 0 Å². The predicted octanol–water partition coefficient (Wildman–Crippen LogP) is 2.72. The van der Waals surface area contributed by atoms with Crippen molar-refractivity contribution in [2.45, 2.75) is 31.2 Å². The summed E-state index contributed by atoms with van der Waals surface area (Å²) in [6, 6.07) is 14.3. The van der Waals surface area contributed by atoms with Crippen LogP contribution in [0.25, 0.3) is 0 Å². The van der Waals surface area contributed by atoms with Gasteiger partial charge in [0.25, 0.3) is 0 Å². The second kappa shape index (κ2) is 8.75. The fourth-order valence-corrected chi connectivity index (χ4v) is 4.83. The van der Waals surface area contributed by atoms with Gasteiger partial charge in [-0.15, -0.1) is 0 Å². The number of piperidine rings is 1. The highest BCUT2D eigenvalue weighted by Gasteiger charge is 2.33. The summed E-state index contributed by atoms with van der Waals surface area (Å²) in [6.07, 6.45) is 1.36. The van der Waals surface area contributed by atoms with E-state index in [9.17, 15) is 13.2 Å². The Kier molecular flexibility index (Phi) is 6.36. The summed E-state index contributed by atoms with van der Waals surface area (Å²) in [5.41, 5.74) is 1.97. The SMILES string of the molecule is COc1ccc(CNC(=O)[C@@H]2CCCN(S(=O)(=O)c3ccc(C)cc3)C2)cc1. The Hall–Kier alpha value is -2.38. The first-order valence-corrected chi connectivity index (χ1v) is 10.8. The lowest BCUT2D eigenvalue weighted by atomic mass is 9.99. The van der Waals surface area contributed by atoms with Crippen LogP contribution < -0.4 is 10.1 Å². The van der Waals surface area contributed by atoms with E-state index in [2.05, 4.69) is 5.32 Å². The summed E-state index contributed by atoms with van der Waals surface area (Å²) < 4.78 is 32.3. The van der Waals surface area contributed by atoms with E-state index in [4.69, 9.17) is 4.74 Å². The minimum atomic E-state index is -3.58. The minimum absolute atomic E-state index is 0.111. The second-order valence-electron chi connectivity index (χ2n) is 7.08. The lowest BCUT2D eigenvalue weighted by molar-refractivity contribution is -0.126. The number of amides is 1. The monoisotopic (exact) mass is 402 g/mol. The normalized spacial score (nSPS) is 17.9. The molecule has 2 aromatic carbocycles. The van der Waals surface area contributed by atoms with Gasteiger partial charge < -0.3 is 10.1 Å². The van der Waals surface area contributed by atoms with Crippen molar-refractivity contribution in [3.05, 3.63) is 59.7 Å². The molecule has 0 aliphatic carbocycles. The van der Waals surface area contributed by atoms with Crippen molar-refractivity contribution in [1.82, 2.24) is 9.62 Å². The number of rotatable bonds is 6. The van der Waals surface area contributed by atoms with Gasteiger partial charge in [-0.05, 0) is 49.6 Å². The second-order valence-corrected chi connectivity index (χ2v) is 9.02. The number of carbonyl (C=O) groups excluding carboxylic acids is 1. The van der Waals surface area contributed by atoms with E-state index in [1.807, 2.05) is 31.2 Å². The molecule has 1 atom stereocenters. The Bertz CT molecular complexity index is 908. The molecule has 0 spiro atoms. The number of methoxy groups -OCH3 is 1. The Morgan fingerprint density at radius 3 is 2.46 bits per heavy atom. The average Bonchev–Trinajstić information content (AvgIpc) is 2.72. The topological polar surface area (TPSA) is 75.7 Å². The number of hydrogen-bond acceptors (Lipinski definition) is 4.